The molecule has 0 radical (unpaired) electrons. The largest absolute Gasteiger partial charge is 0.481 e. The van der Waals surface area contributed by atoms with Crippen molar-refractivity contribution >= 4 is 17.7 Å². The number of carboxylic acid groups (broad SMARTS) is 1. The Morgan fingerprint density at radius 1 is 1.43 bits per heavy atom. The number of benzene rings is 1. The molecular weight excluding hydrogens is 272 g/mol. The average Bonchev–Trinajstić information content (AvgIpc) is 2.37. The molecule has 6 heteroatoms. The molecule has 21 heavy (non-hydrogen) atoms. The summed E-state index contributed by atoms with van der Waals surface area (Å²) in [6, 6.07) is 6.50. The standard InChI is InChI=1S/C15H20N2O4/c1-15(21)6-3-7-17(10-15)14(20)16-12-5-2-4-11(8-12)9-13(18)19/h2,4-5,8,21H,3,6-7,9-10H2,1H3,(H,16,20)(H,18,19). The van der Waals surface area contributed by atoms with Crippen LogP contribution >= 0.6 is 0 Å². The Hall–Kier alpha value is -2.08. The van der Waals surface area contributed by atoms with Crippen molar-refractivity contribution in [3.8, 4) is 0 Å². The topological polar surface area (TPSA) is 89.9 Å². The average molecular weight is 292 g/mol. The number of carbonyl (C=O) groups is 2. The number of hydrogen-bond donors (Lipinski definition) is 3. The van der Waals surface area contributed by atoms with Crippen LogP contribution < -0.4 is 5.32 Å². The van der Waals surface area contributed by atoms with Gasteiger partial charge in [0.15, 0.2) is 0 Å². The molecule has 0 aromatic heterocycles. The van der Waals surface area contributed by atoms with Crippen LogP contribution in [0.3, 0.4) is 0 Å². The fraction of sp³-hybridized carbons (Fsp3) is 0.467. The van der Waals surface area contributed by atoms with Crippen molar-refractivity contribution in [2.45, 2.75) is 31.8 Å². The third-order valence-corrected chi connectivity index (χ3v) is 3.50. The molecular formula is C15H20N2O4. The maximum atomic E-state index is 12.2. The van der Waals surface area contributed by atoms with Crippen LogP contribution in [0.15, 0.2) is 24.3 Å². The molecule has 0 aliphatic carbocycles. The first-order valence-electron chi connectivity index (χ1n) is 6.95. The number of aliphatic carboxylic acids is 1. The number of nitrogens with one attached hydrogen (secondary N) is 1. The number of hydrogen-bond acceptors (Lipinski definition) is 3. The second-order valence-electron chi connectivity index (χ2n) is 5.72. The zero-order valence-electron chi connectivity index (χ0n) is 12.0. The van der Waals surface area contributed by atoms with E-state index in [0.717, 1.165) is 6.42 Å². The van der Waals surface area contributed by atoms with E-state index in [-0.39, 0.29) is 12.5 Å². The van der Waals surface area contributed by atoms with Gasteiger partial charge in [0.2, 0.25) is 0 Å². The molecule has 1 aromatic rings. The van der Waals surface area contributed by atoms with E-state index in [1.54, 1.807) is 36.1 Å². The van der Waals surface area contributed by atoms with E-state index in [0.29, 0.717) is 30.8 Å². The summed E-state index contributed by atoms with van der Waals surface area (Å²) in [6.07, 6.45) is 1.37. The molecule has 2 amide bonds. The Morgan fingerprint density at radius 3 is 2.86 bits per heavy atom. The van der Waals surface area contributed by atoms with Gasteiger partial charge >= 0.3 is 12.0 Å². The Balaban J connectivity index is 2.00. The van der Waals surface area contributed by atoms with Crippen molar-refractivity contribution in [1.29, 1.82) is 0 Å². The summed E-state index contributed by atoms with van der Waals surface area (Å²) in [5.41, 5.74) is 0.343. The number of amides is 2. The molecule has 1 atom stereocenters. The van der Waals surface area contributed by atoms with E-state index in [1.165, 1.54) is 0 Å². The maximum absolute atomic E-state index is 12.2. The molecule has 0 bridgehead atoms. The van der Waals surface area contributed by atoms with E-state index >= 15 is 0 Å². The molecule has 1 aliphatic heterocycles. The van der Waals surface area contributed by atoms with Gasteiger partial charge in [0.05, 0.1) is 18.6 Å². The first-order valence-corrected chi connectivity index (χ1v) is 6.95. The second-order valence-corrected chi connectivity index (χ2v) is 5.72. The van der Waals surface area contributed by atoms with E-state index in [4.69, 9.17) is 5.11 Å². The summed E-state index contributed by atoms with van der Waals surface area (Å²) in [4.78, 5) is 24.5. The van der Waals surface area contributed by atoms with Crippen molar-refractivity contribution in [1.82, 2.24) is 4.90 Å². The molecule has 0 spiro atoms. The predicted octanol–water partition coefficient (Wildman–Crippen LogP) is 1.69. The van der Waals surface area contributed by atoms with Gasteiger partial charge in [-0.25, -0.2) is 4.79 Å². The molecule has 1 fully saturated rings. The van der Waals surface area contributed by atoms with Crippen LogP contribution in [0.25, 0.3) is 0 Å². The van der Waals surface area contributed by atoms with Crippen LogP contribution in [0.5, 0.6) is 0 Å². The molecule has 6 nitrogen and oxygen atoms in total. The van der Waals surface area contributed by atoms with Gasteiger partial charge in [-0.3, -0.25) is 4.79 Å². The SMILES string of the molecule is CC1(O)CCCN(C(=O)Nc2cccc(CC(=O)O)c2)C1. The van der Waals surface area contributed by atoms with Gasteiger partial charge in [0.25, 0.3) is 0 Å². The van der Waals surface area contributed by atoms with E-state index in [9.17, 15) is 14.7 Å². The highest BCUT2D eigenvalue weighted by molar-refractivity contribution is 5.89. The number of anilines is 1. The Bertz CT molecular complexity index is 542. The van der Waals surface area contributed by atoms with Gasteiger partial charge in [-0.05, 0) is 37.5 Å². The zero-order valence-corrected chi connectivity index (χ0v) is 12.0. The monoisotopic (exact) mass is 292 g/mol. The number of urea groups is 1. The summed E-state index contributed by atoms with van der Waals surface area (Å²) < 4.78 is 0. The number of β-amino-alcohol motifs (C(OH)–C–C–N with tert-alkyl or cyclic N) is 1. The fourth-order valence-electron chi connectivity index (χ4n) is 2.53. The van der Waals surface area contributed by atoms with Gasteiger partial charge in [-0.1, -0.05) is 12.1 Å². The van der Waals surface area contributed by atoms with Crippen LogP contribution in [0.1, 0.15) is 25.3 Å². The first kappa shape index (κ1) is 15.3. The molecule has 1 unspecified atom stereocenters. The lowest BCUT2D eigenvalue weighted by Gasteiger charge is -2.36. The van der Waals surface area contributed by atoms with Crippen LogP contribution in [-0.4, -0.2) is 45.8 Å². The molecule has 1 heterocycles. The molecule has 3 N–H and O–H groups in total. The zero-order chi connectivity index (χ0) is 15.5. The quantitative estimate of drug-likeness (QED) is 0.791. The number of rotatable bonds is 3. The van der Waals surface area contributed by atoms with Crippen molar-refractivity contribution in [3.63, 3.8) is 0 Å². The van der Waals surface area contributed by atoms with Crippen LogP contribution in [0, 0.1) is 0 Å². The summed E-state index contributed by atoms with van der Waals surface area (Å²) >= 11 is 0. The summed E-state index contributed by atoms with van der Waals surface area (Å²) in [6.45, 7) is 2.63. The smallest absolute Gasteiger partial charge is 0.321 e. The van der Waals surface area contributed by atoms with Crippen molar-refractivity contribution in [2.75, 3.05) is 18.4 Å². The van der Waals surface area contributed by atoms with Gasteiger partial charge in [-0.15, -0.1) is 0 Å². The van der Waals surface area contributed by atoms with Crippen LogP contribution in [0.4, 0.5) is 10.5 Å². The number of carbonyl (C=O) groups excluding carboxylic acids is 1. The highest BCUT2D eigenvalue weighted by atomic mass is 16.4. The molecule has 2 rings (SSSR count). The van der Waals surface area contributed by atoms with Gasteiger partial charge in [-0.2, -0.15) is 0 Å². The lowest BCUT2D eigenvalue weighted by molar-refractivity contribution is -0.136. The maximum Gasteiger partial charge on any atom is 0.321 e. The van der Waals surface area contributed by atoms with Crippen LogP contribution in [0.2, 0.25) is 0 Å². The number of nitrogens with zero attached hydrogens (tertiary/aromatic N) is 1. The summed E-state index contributed by atoms with van der Waals surface area (Å²) in [5.74, 6) is -0.912. The molecule has 1 aromatic carbocycles. The molecule has 1 saturated heterocycles. The Morgan fingerprint density at radius 2 is 2.19 bits per heavy atom. The molecule has 0 saturated carbocycles. The number of aliphatic hydroxyl groups is 1. The summed E-state index contributed by atoms with van der Waals surface area (Å²) in [7, 11) is 0. The molecule has 114 valence electrons. The molecule has 1 aliphatic rings. The third kappa shape index (κ3) is 4.46. The van der Waals surface area contributed by atoms with Crippen molar-refractivity contribution in [3.05, 3.63) is 29.8 Å². The van der Waals surface area contributed by atoms with E-state index in [2.05, 4.69) is 5.32 Å². The minimum atomic E-state index is -0.912. The number of piperidine rings is 1. The minimum Gasteiger partial charge on any atom is -0.481 e. The lowest BCUT2D eigenvalue weighted by Crippen LogP contribution is -2.49. The fourth-order valence-corrected chi connectivity index (χ4v) is 2.53. The lowest BCUT2D eigenvalue weighted by atomic mass is 9.95. The Kier molecular flexibility index (Phi) is 4.47. The van der Waals surface area contributed by atoms with Crippen molar-refractivity contribution < 1.29 is 19.8 Å². The third-order valence-electron chi connectivity index (χ3n) is 3.50. The highest BCUT2D eigenvalue weighted by Gasteiger charge is 2.30. The van der Waals surface area contributed by atoms with E-state index < -0.39 is 11.6 Å². The number of carboxylic acids is 1. The van der Waals surface area contributed by atoms with Gasteiger partial charge in [0, 0.05) is 12.2 Å². The second kappa shape index (κ2) is 6.13. The highest BCUT2D eigenvalue weighted by Crippen LogP contribution is 2.21. The number of likely N-dealkylation sites (tertiary alicyclic amines) is 1. The van der Waals surface area contributed by atoms with Crippen molar-refractivity contribution in [2.24, 2.45) is 0 Å². The minimum absolute atomic E-state index is 0.0812. The first-order chi connectivity index (χ1) is 9.85. The predicted molar refractivity (Wildman–Crippen MR) is 78.2 cm³/mol. The Labute approximate surface area is 123 Å². The van der Waals surface area contributed by atoms with Gasteiger partial charge in [0.1, 0.15) is 0 Å². The van der Waals surface area contributed by atoms with Gasteiger partial charge < -0.3 is 20.4 Å². The van der Waals surface area contributed by atoms with Crippen LogP contribution in [-0.2, 0) is 11.2 Å². The normalized spacial score (nSPS) is 21.9. The van der Waals surface area contributed by atoms with E-state index in [1.807, 2.05) is 0 Å². The summed E-state index contributed by atoms with van der Waals surface area (Å²) in [5, 5.41) is 21.5.